The van der Waals surface area contributed by atoms with Crippen LogP contribution in [0.1, 0.15) is 27.9 Å². The smallest absolute Gasteiger partial charge is 0.358 e. The van der Waals surface area contributed by atoms with Gasteiger partial charge in [-0.25, -0.2) is 14.6 Å². The van der Waals surface area contributed by atoms with Gasteiger partial charge in [0.05, 0.1) is 5.56 Å². The number of hydrogen-bond acceptors (Lipinski definition) is 12. The van der Waals surface area contributed by atoms with Crippen LogP contribution in [0.25, 0.3) is 0 Å². The summed E-state index contributed by atoms with van der Waals surface area (Å²) in [5.41, 5.74) is 6.47. The summed E-state index contributed by atoms with van der Waals surface area (Å²) in [6.07, 6.45) is 0.350. The van der Waals surface area contributed by atoms with Gasteiger partial charge in [0.15, 0.2) is 10.8 Å². The highest BCUT2D eigenvalue weighted by molar-refractivity contribution is 8.00. The second kappa shape index (κ2) is 9.03. The number of carbonyl (C=O) groups is 4. The first-order chi connectivity index (χ1) is 16.9. The van der Waals surface area contributed by atoms with Crippen molar-refractivity contribution in [2.75, 3.05) is 18.6 Å². The number of rotatable bonds is 6. The molecular formula is C21H17N5O7S2. The lowest BCUT2D eigenvalue weighted by Crippen LogP contribution is -2.70. The van der Waals surface area contributed by atoms with Gasteiger partial charge >= 0.3 is 11.9 Å². The quantitative estimate of drug-likeness (QED) is 0.243. The van der Waals surface area contributed by atoms with Crippen molar-refractivity contribution in [2.45, 2.75) is 17.7 Å². The van der Waals surface area contributed by atoms with E-state index in [2.05, 4.69) is 15.5 Å². The molecule has 1 fully saturated rings. The normalized spacial score (nSPS) is 22.9. The number of cyclic esters (lactones) is 1. The average Bonchev–Trinajstić information content (AvgIpc) is 3.43. The fourth-order valence-corrected chi connectivity index (χ4v) is 5.53. The van der Waals surface area contributed by atoms with Crippen molar-refractivity contribution in [3.05, 3.63) is 58.2 Å². The van der Waals surface area contributed by atoms with Crippen LogP contribution in [0.2, 0.25) is 0 Å². The number of aromatic nitrogens is 1. The minimum Gasteiger partial charge on any atom is -0.417 e. The van der Waals surface area contributed by atoms with Gasteiger partial charge in [-0.1, -0.05) is 23.4 Å². The van der Waals surface area contributed by atoms with Gasteiger partial charge in [-0.3, -0.25) is 14.5 Å². The van der Waals surface area contributed by atoms with Gasteiger partial charge in [-0.15, -0.1) is 23.1 Å². The second-order valence-corrected chi connectivity index (χ2v) is 9.44. The second-order valence-electron chi connectivity index (χ2n) is 7.40. The van der Waals surface area contributed by atoms with Crippen molar-refractivity contribution < 1.29 is 33.5 Å². The predicted octanol–water partition coefficient (Wildman–Crippen LogP) is 0.772. The Kier molecular flexibility index (Phi) is 5.90. The molecule has 1 aromatic heterocycles. The van der Waals surface area contributed by atoms with Crippen molar-refractivity contribution in [1.82, 2.24) is 15.2 Å². The van der Waals surface area contributed by atoms with Crippen LogP contribution in [0.15, 0.2) is 46.6 Å². The Morgan fingerprint density at radius 1 is 1.31 bits per heavy atom. The van der Waals surface area contributed by atoms with E-state index in [4.69, 9.17) is 20.0 Å². The summed E-state index contributed by atoms with van der Waals surface area (Å²) >= 11 is 2.49. The first kappa shape index (κ1) is 22.9. The molecule has 4 heterocycles. The van der Waals surface area contributed by atoms with Crippen LogP contribution >= 0.6 is 23.1 Å². The van der Waals surface area contributed by atoms with Gasteiger partial charge in [0.1, 0.15) is 29.9 Å². The molecule has 180 valence electrons. The predicted molar refractivity (Wildman–Crippen MR) is 124 cm³/mol. The number of nitrogens with one attached hydrogen (secondary N) is 1. The number of fused-ring (bicyclic) bond motifs is 2. The molecule has 3 aliphatic rings. The third-order valence-corrected chi connectivity index (χ3v) is 7.22. The Bertz CT molecular complexity index is 1310. The molecule has 2 amide bonds. The van der Waals surface area contributed by atoms with Crippen LogP contribution in [0.3, 0.4) is 0 Å². The summed E-state index contributed by atoms with van der Waals surface area (Å²) in [5.74, 6) is -2.19. The number of nitrogen functional groups attached to an aromatic ring is 1. The van der Waals surface area contributed by atoms with Crippen LogP contribution in [0, 0.1) is 0 Å². The SMILES string of the molecule is CO/N=C(\C(=O)NC1C(=O)N2C(C(=O)OC3OC(=O)c4ccccc43)=CCS[C@H]12)c1csc(N)n1. The van der Waals surface area contributed by atoms with E-state index in [0.717, 1.165) is 11.3 Å². The Hall–Kier alpha value is -3.91. The lowest BCUT2D eigenvalue weighted by Gasteiger charge is -2.48. The molecule has 0 radical (unpaired) electrons. The Labute approximate surface area is 206 Å². The van der Waals surface area contributed by atoms with E-state index in [9.17, 15) is 19.2 Å². The maximum Gasteiger partial charge on any atom is 0.358 e. The molecule has 0 saturated carbocycles. The highest BCUT2D eigenvalue weighted by atomic mass is 32.2. The molecule has 1 saturated heterocycles. The van der Waals surface area contributed by atoms with E-state index in [1.807, 2.05) is 0 Å². The third kappa shape index (κ3) is 4.00. The Morgan fingerprint density at radius 3 is 2.86 bits per heavy atom. The van der Waals surface area contributed by atoms with Crippen molar-refractivity contribution in [3.8, 4) is 0 Å². The molecule has 0 bridgehead atoms. The standard InChI is InChI=1S/C21H17N5O7S2/c1-31-25-13(11-8-35-21(22)23-11)15(27)24-14-16(28)26-12(6-7-34-17(14)26)19(30)33-20-10-5-3-2-4-9(10)18(29)32-20/h2-6,8,14,17,20H,7H2,1H3,(H2,22,23)(H,24,27)/b25-13-/t14?,17-,20?/m1/s1. The number of amides is 2. The Morgan fingerprint density at radius 2 is 2.11 bits per heavy atom. The molecule has 35 heavy (non-hydrogen) atoms. The largest absolute Gasteiger partial charge is 0.417 e. The zero-order valence-corrected chi connectivity index (χ0v) is 19.6. The van der Waals surface area contributed by atoms with Gasteiger partial charge in [-0.05, 0) is 12.1 Å². The number of nitrogens with two attached hydrogens (primary N) is 1. The van der Waals surface area contributed by atoms with Gasteiger partial charge in [0, 0.05) is 16.7 Å². The number of oxime groups is 1. The lowest BCUT2D eigenvalue weighted by molar-refractivity contribution is -0.168. The summed E-state index contributed by atoms with van der Waals surface area (Å²) in [6, 6.07) is 5.66. The summed E-state index contributed by atoms with van der Waals surface area (Å²) in [4.78, 5) is 60.6. The Balaban J connectivity index is 1.27. The molecular weight excluding hydrogens is 498 g/mol. The van der Waals surface area contributed by atoms with Crippen molar-refractivity contribution >= 4 is 57.7 Å². The molecule has 5 rings (SSSR count). The van der Waals surface area contributed by atoms with E-state index in [-0.39, 0.29) is 22.2 Å². The number of hydrogen-bond donors (Lipinski definition) is 2. The number of ether oxygens (including phenoxy) is 2. The summed E-state index contributed by atoms with van der Waals surface area (Å²) in [6.45, 7) is 0. The average molecular weight is 516 g/mol. The number of β-lactam (4-membered cyclic amide) rings is 1. The minimum atomic E-state index is -1.20. The molecule has 0 spiro atoms. The van der Waals surface area contributed by atoms with E-state index in [1.54, 1.807) is 35.7 Å². The maximum atomic E-state index is 12.9. The summed E-state index contributed by atoms with van der Waals surface area (Å²) in [5, 5.41) is 7.58. The highest BCUT2D eigenvalue weighted by Crippen LogP contribution is 2.39. The zero-order valence-electron chi connectivity index (χ0n) is 18.0. The molecule has 2 unspecified atom stereocenters. The highest BCUT2D eigenvalue weighted by Gasteiger charge is 2.53. The fraction of sp³-hybridized carbons (Fsp3) is 0.238. The number of carbonyl (C=O) groups excluding carboxylic acids is 4. The van der Waals surface area contributed by atoms with Gasteiger partial charge in [0.2, 0.25) is 0 Å². The van der Waals surface area contributed by atoms with Crippen LogP contribution in [-0.2, 0) is 28.7 Å². The van der Waals surface area contributed by atoms with Crippen LogP contribution in [0.5, 0.6) is 0 Å². The summed E-state index contributed by atoms with van der Waals surface area (Å²) < 4.78 is 10.6. The topological polar surface area (TPSA) is 163 Å². The first-order valence-corrected chi connectivity index (χ1v) is 12.1. The maximum absolute atomic E-state index is 12.9. The van der Waals surface area contributed by atoms with Crippen LogP contribution in [0.4, 0.5) is 5.13 Å². The summed E-state index contributed by atoms with van der Waals surface area (Å²) in [7, 11) is 1.28. The van der Waals surface area contributed by atoms with E-state index >= 15 is 0 Å². The molecule has 3 atom stereocenters. The number of benzene rings is 1. The molecule has 1 aromatic carbocycles. The molecule has 3 aliphatic heterocycles. The zero-order chi connectivity index (χ0) is 24.7. The molecule has 12 nitrogen and oxygen atoms in total. The monoisotopic (exact) mass is 515 g/mol. The lowest BCUT2D eigenvalue weighted by atomic mass is 10.0. The number of anilines is 1. The van der Waals surface area contributed by atoms with E-state index in [1.165, 1.54) is 23.8 Å². The molecule has 2 aromatic rings. The molecule has 0 aliphatic carbocycles. The fourth-order valence-electron chi connectivity index (χ4n) is 3.79. The van der Waals surface area contributed by atoms with Crippen LogP contribution in [-0.4, -0.2) is 63.6 Å². The minimum absolute atomic E-state index is 0.0164. The van der Waals surface area contributed by atoms with Crippen molar-refractivity contribution in [1.29, 1.82) is 0 Å². The van der Waals surface area contributed by atoms with Gasteiger partial charge in [-0.2, -0.15) is 0 Å². The first-order valence-electron chi connectivity index (χ1n) is 10.2. The van der Waals surface area contributed by atoms with Crippen molar-refractivity contribution in [2.24, 2.45) is 5.16 Å². The van der Waals surface area contributed by atoms with E-state index < -0.39 is 41.5 Å². The van der Waals surface area contributed by atoms with Crippen LogP contribution < -0.4 is 11.1 Å². The number of thiazole rings is 1. The van der Waals surface area contributed by atoms with Gasteiger partial charge in [0.25, 0.3) is 18.1 Å². The van der Waals surface area contributed by atoms with Crippen molar-refractivity contribution in [3.63, 3.8) is 0 Å². The molecule has 14 heteroatoms. The molecule has 3 N–H and O–H groups in total. The third-order valence-electron chi connectivity index (χ3n) is 5.37. The number of esters is 2. The van der Waals surface area contributed by atoms with E-state index in [0.29, 0.717) is 16.9 Å². The number of thioether (sulfide) groups is 1. The number of nitrogens with zero attached hydrogens (tertiary/aromatic N) is 3. The van der Waals surface area contributed by atoms with Gasteiger partial charge < -0.3 is 25.4 Å².